The Morgan fingerprint density at radius 2 is 1.69 bits per heavy atom. The van der Waals surface area contributed by atoms with Crippen LogP contribution >= 0.6 is 0 Å². The molecule has 2 aromatic rings. The lowest BCUT2D eigenvalue weighted by Crippen LogP contribution is -2.58. The maximum Gasteiger partial charge on any atom is 0.316 e. The number of hydrazine groups is 1. The first-order chi connectivity index (χ1) is 15.4. The number of methoxy groups -OCH3 is 1. The van der Waals surface area contributed by atoms with Gasteiger partial charge in [0.15, 0.2) is 0 Å². The molecule has 2 amide bonds. The maximum atomic E-state index is 13.2. The first-order valence-corrected chi connectivity index (χ1v) is 10.6. The molecular weight excluding hydrogens is 408 g/mol. The number of aryl methyl sites for hydroxylation is 1. The van der Waals surface area contributed by atoms with Crippen molar-refractivity contribution in [3.8, 4) is 0 Å². The SMILES string of the molecule is COC(=O)C1(c2ccccc2)CCN(C(=O)C2=NCC(=O)N(c3ccc(C)cc3)N2)CC1. The van der Waals surface area contributed by atoms with Crippen LogP contribution < -0.4 is 10.4 Å². The fraction of sp³-hybridized carbons (Fsp3) is 0.333. The van der Waals surface area contributed by atoms with E-state index in [1.807, 2.05) is 61.5 Å². The molecule has 0 aliphatic carbocycles. The van der Waals surface area contributed by atoms with Crippen LogP contribution in [0.15, 0.2) is 59.6 Å². The molecular formula is C24H26N4O4. The van der Waals surface area contributed by atoms with Gasteiger partial charge < -0.3 is 9.64 Å². The van der Waals surface area contributed by atoms with Gasteiger partial charge in [-0.05, 0) is 37.5 Å². The average molecular weight is 434 g/mol. The lowest BCUT2D eigenvalue weighted by atomic mass is 9.72. The van der Waals surface area contributed by atoms with E-state index in [0.717, 1.165) is 11.1 Å². The third-order valence-electron chi connectivity index (χ3n) is 6.14. The highest BCUT2D eigenvalue weighted by Gasteiger charge is 2.45. The van der Waals surface area contributed by atoms with Gasteiger partial charge in [-0.3, -0.25) is 24.8 Å². The Morgan fingerprint density at radius 1 is 1.03 bits per heavy atom. The standard InChI is InChI=1S/C24H26N4O4/c1-17-8-10-19(11-9-17)28-20(29)16-25-21(26-28)22(30)27-14-12-24(13-15-27,23(31)32-2)18-6-4-3-5-7-18/h3-11H,12-16H2,1-2H3,(H,25,26). The second-order valence-corrected chi connectivity index (χ2v) is 8.07. The molecule has 0 atom stereocenters. The van der Waals surface area contributed by atoms with Crippen molar-refractivity contribution in [3.05, 3.63) is 65.7 Å². The summed E-state index contributed by atoms with van der Waals surface area (Å²) in [6.07, 6.45) is 0.895. The Kier molecular flexibility index (Phi) is 5.94. The number of benzene rings is 2. The van der Waals surface area contributed by atoms with Crippen molar-refractivity contribution in [3.63, 3.8) is 0 Å². The number of likely N-dealkylation sites (tertiary alicyclic amines) is 1. The van der Waals surface area contributed by atoms with E-state index in [1.165, 1.54) is 12.1 Å². The number of carbonyl (C=O) groups excluding carboxylic acids is 3. The second-order valence-electron chi connectivity index (χ2n) is 8.07. The summed E-state index contributed by atoms with van der Waals surface area (Å²) < 4.78 is 5.12. The Balaban J connectivity index is 1.48. The molecule has 8 nitrogen and oxygen atoms in total. The Morgan fingerprint density at radius 3 is 2.31 bits per heavy atom. The number of nitrogens with one attached hydrogen (secondary N) is 1. The Bertz CT molecular complexity index is 1040. The Labute approximate surface area is 186 Å². The first kappa shape index (κ1) is 21.5. The molecule has 0 aromatic heterocycles. The van der Waals surface area contributed by atoms with Crippen LogP contribution in [0.1, 0.15) is 24.0 Å². The van der Waals surface area contributed by atoms with Gasteiger partial charge in [-0.25, -0.2) is 5.01 Å². The van der Waals surface area contributed by atoms with Gasteiger partial charge in [0.1, 0.15) is 6.54 Å². The molecule has 0 saturated carbocycles. The predicted molar refractivity (Wildman–Crippen MR) is 120 cm³/mol. The monoisotopic (exact) mass is 434 g/mol. The molecule has 0 unspecified atom stereocenters. The highest BCUT2D eigenvalue weighted by atomic mass is 16.5. The largest absolute Gasteiger partial charge is 0.468 e. The van der Waals surface area contributed by atoms with Crippen LogP contribution in [-0.2, 0) is 24.5 Å². The molecule has 8 heteroatoms. The topological polar surface area (TPSA) is 91.3 Å². The van der Waals surface area contributed by atoms with Crippen molar-refractivity contribution in [2.45, 2.75) is 25.2 Å². The van der Waals surface area contributed by atoms with Crippen LogP contribution in [0.3, 0.4) is 0 Å². The van der Waals surface area contributed by atoms with Crippen LogP contribution in [0.5, 0.6) is 0 Å². The van der Waals surface area contributed by atoms with E-state index in [9.17, 15) is 14.4 Å². The molecule has 1 saturated heterocycles. The van der Waals surface area contributed by atoms with Crippen LogP contribution in [-0.4, -0.2) is 55.3 Å². The molecule has 0 bridgehead atoms. The van der Waals surface area contributed by atoms with Gasteiger partial charge in [0.2, 0.25) is 5.84 Å². The Hall–Kier alpha value is -3.68. The van der Waals surface area contributed by atoms with Crippen LogP contribution in [0, 0.1) is 6.92 Å². The number of amidine groups is 1. The molecule has 2 heterocycles. The molecule has 1 fully saturated rings. The van der Waals surface area contributed by atoms with E-state index in [1.54, 1.807) is 4.90 Å². The first-order valence-electron chi connectivity index (χ1n) is 10.6. The zero-order chi connectivity index (χ0) is 22.7. The fourth-order valence-electron chi connectivity index (χ4n) is 4.24. The number of aliphatic imine (C=N–C) groups is 1. The van der Waals surface area contributed by atoms with Crippen LogP contribution in [0.25, 0.3) is 0 Å². The van der Waals surface area contributed by atoms with Crippen LogP contribution in [0.2, 0.25) is 0 Å². The minimum absolute atomic E-state index is 0.105. The predicted octanol–water partition coefficient (Wildman–Crippen LogP) is 1.98. The summed E-state index contributed by atoms with van der Waals surface area (Å²) in [5.74, 6) is -0.700. The summed E-state index contributed by atoms with van der Waals surface area (Å²) in [5, 5.41) is 1.35. The molecule has 0 radical (unpaired) electrons. The molecule has 2 aromatic carbocycles. The third-order valence-corrected chi connectivity index (χ3v) is 6.14. The summed E-state index contributed by atoms with van der Waals surface area (Å²) in [7, 11) is 1.39. The smallest absolute Gasteiger partial charge is 0.316 e. The van der Waals surface area contributed by atoms with E-state index in [4.69, 9.17) is 4.74 Å². The van der Waals surface area contributed by atoms with E-state index < -0.39 is 5.41 Å². The molecule has 2 aliphatic rings. The van der Waals surface area contributed by atoms with Gasteiger partial charge in [0.25, 0.3) is 11.8 Å². The number of amides is 2. The number of hydrogen-bond donors (Lipinski definition) is 1. The molecule has 32 heavy (non-hydrogen) atoms. The van der Waals surface area contributed by atoms with Gasteiger partial charge in [-0.15, -0.1) is 0 Å². The number of hydrogen-bond acceptors (Lipinski definition) is 6. The number of carbonyl (C=O) groups is 3. The summed E-state index contributed by atoms with van der Waals surface area (Å²) in [5.41, 5.74) is 4.71. The molecule has 0 spiro atoms. The van der Waals surface area contributed by atoms with Gasteiger partial charge in [0, 0.05) is 13.1 Å². The number of anilines is 1. The normalized spacial score (nSPS) is 17.9. The summed E-state index contributed by atoms with van der Waals surface area (Å²) in [6, 6.07) is 17.0. The number of nitrogens with zero attached hydrogens (tertiary/aromatic N) is 3. The minimum Gasteiger partial charge on any atom is -0.468 e. The molecule has 1 N–H and O–H groups in total. The molecule has 2 aliphatic heterocycles. The van der Waals surface area contributed by atoms with Crippen molar-refractivity contribution >= 4 is 29.3 Å². The number of esters is 1. The number of piperidine rings is 1. The molecule has 166 valence electrons. The van der Waals surface area contributed by atoms with Gasteiger partial charge >= 0.3 is 5.97 Å². The van der Waals surface area contributed by atoms with Crippen LogP contribution in [0.4, 0.5) is 5.69 Å². The highest BCUT2D eigenvalue weighted by molar-refractivity contribution is 6.39. The quantitative estimate of drug-likeness (QED) is 0.743. The average Bonchev–Trinajstić information content (AvgIpc) is 2.84. The zero-order valence-electron chi connectivity index (χ0n) is 18.2. The van der Waals surface area contributed by atoms with Crippen molar-refractivity contribution in [2.75, 3.05) is 31.8 Å². The maximum absolute atomic E-state index is 13.2. The van der Waals surface area contributed by atoms with E-state index in [0.29, 0.717) is 31.6 Å². The van der Waals surface area contributed by atoms with Crippen molar-refractivity contribution in [1.82, 2.24) is 10.3 Å². The zero-order valence-corrected chi connectivity index (χ0v) is 18.2. The van der Waals surface area contributed by atoms with Gasteiger partial charge in [-0.1, -0.05) is 48.0 Å². The van der Waals surface area contributed by atoms with E-state index in [-0.39, 0.29) is 30.2 Å². The second kappa shape index (κ2) is 8.82. The fourth-order valence-corrected chi connectivity index (χ4v) is 4.24. The molecule has 4 rings (SSSR count). The highest BCUT2D eigenvalue weighted by Crippen LogP contribution is 2.37. The third kappa shape index (κ3) is 3.95. The minimum atomic E-state index is -0.779. The van der Waals surface area contributed by atoms with E-state index in [2.05, 4.69) is 10.4 Å². The summed E-state index contributed by atoms with van der Waals surface area (Å²) >= 11 is 0. The van der Waals surface area contributed by atoms with Gasteiger partial charge in [-0.2, -0.15) is 0 Å². The lowest BCUT2D eigenvalue weighted by Gasteiger charge is -2.40. The lowest BCUT2D eigenvalue weighted by molar-refractivity contribution is -0.151. The number of rotatable bonds is 4. The van der Waals surface area contributed by atoms with Crippen molar-refractivity contribution in [1.29, 1.82) is 0 Å². The number of ether oxygens (including phenoxy) is 1. The van der Waals surface area contributed by atoms with Crippen molar-refractivity contribution in [2.24, 2.45) is 4.99 Å². The van der Waals surface area contributed by atoms with E-state index >= 15 is 0 Å². The van der Waals surface area contributed by atoms with Crippen molar-refractivity contribution < 1.29 is 19.1 Å². The summed E-state index contributed by atoms with van der Waals surface area (Å²) in [6.45, 7) is 2.61. The van der Waals surface area contributed by atoms with Gasteiger partial charge in [0.05, 0.1) is 18.2 Å². The summed E-state index contributed by atoms with van der Waals surface area (Å²) in [4.78, 5) is 44.1.